The number of aldehydes is 1. The molecule has 3 aromatic rings. The van der Waals surface area contributed by atoms with Crippen LogP contribution in [0.25, 0.3) is 10.9 Å². The number of hydrogen-bond acceptors (Lipinski definition) is 5. The molecule has 0 saturated carbocycles. The van der Waals surface area contributed by atoms with Crippen LogP contribution in [0.15, 0.2) is 52.0 Å². The van der Waals surface area contributed by atoms with Crippen molar-refractivity contribution >= 4 is 66.3 Å². The van der Waals surface area contributed by atoms with Gasteiger partial charge in [-0.2, -0.15) is 13.2 Å². The number of anilines is 1. The molecule has 4 rings (SSSR count). The van der Waals surface area contributed by atoms with E-state index < -0.39 is 22.1 Å². The largest absolute Gasteiger partial charge is 0.471 e. The first-order valence-corrected chi connectivity index (χ1v) is 12.5. The molecule has 0 N–H and O–H groups in total. The summed E-state index contributed by atoms with van der Waals surface area (Å²) in [5.41, 5.74) is 0.737. The first kappa shape index (κ1) is 24.6. The number of hydrogen-bond donors (Lipinski definition) is 0. The minimum absolute atomic E-state index is 0.0117. The highest BCUT2D eigenvalue weighted by Crippen LogP contribution is 2.37. The van der Waals surface area contributed by atoms with E-state index in [-0.39, 0.29) is 47.2 Å². The van der Waals surface area contributed by atoms with Gasteiger partial charge in [-0.1, -0.05) is 39.7 Å². The number of carbonyl (C=O) groups is 2. The molecule has 2 aromatic carbocycles. The van der Waals surface area contributed by atoms with Gasteiger partial charge in [0.15, 0.2) is 6.29 Å². The third-order valence-corrected chi connectivity index (χ3v) is 8.13. The van der Waals surface area contributed by atoms with E-state index in [1.807, 2.05) is 0 Å². The molecule has 0 aliphatic carbocycles. The normalized spacial score (nSPS) is 15.1. The van der Waals surface area contributed by atoms with E-state index in [9.17, 15) is 31.2 Å². The second-order valence-corrected chi connectivity index (χ2v) is 10.6. The molecule has 1 aliphatic rings. The predicted octanol–water partition coefficient (Wildman–Crippen LogP) is 4.32. The summed E-state index contributed by atoms with van der Waals surface area (Å²) in [5.74, 6) is -1.91. The van der Waals surface area contributed by atoms with Crippen LogP contribution in [0.3, 0.4) is 0 Å². The zero-order valence-corrected chi connectivity index (χ0v) is 20.4. The molecule has 0 atom stereocenters. The van der Waals surface area contributed by atoms with Crippen LogP contribution in [0.1, 0.15) is 10.4 Å². The standard InChI is InChI=1S/C21H16BrClF3N3O4S/c22-14-9-16(27-5-7-28(8-6-27)20(31)21(24,25)26)19-13(12-30)11-29(17(19)10-14)34(32,33)18-4-2-1-3-15(18)23/h1-4,9-12H,5-8H2. The summed E-state index contributed by atoms with van der Waals surface area (Å²) >= 11 is 9.47. The Kier molecular flexibility index (Phi) is 6.42. The van der Waals surface area contributed by atoms with Crippen molar-refractivity contribution in [2.75, 3.05) is 31.1 Å². The summed E-state index contributed by atoms with van der Waals surface area (Å²) in [7, 11) is -4.18. The fraction of sp³-hybridized carbons (Fsp3) is 0.238. The number of amides is 1. The third-order valence-electron chi connectivity index (χ3n) is 5.49. The summed E-state index contributed by atoms with van der Waals surface area (Å²) < 4.78 is 66.6. The Balaban J connectivity index is 1.80. The second-order valence-electron chi connectivity index (χ2n) is 7.53. The van der Waals surface area contributed by atoms with Gasteiger partial charge in [0.25, 0.3) is 10.0 Å². The number of aromatic nitrogens is 1. The zero-order chi connectivity index (χ0) is 24.8. The molecule has 1 saturated heterocycles. The van der Waals surface area contributed by atoms with Gasteiger partial charge < -0.3 is 9.80 Å². The number of benzene rings is 2. The van der Waals surface area contributed by atoms with Gasteiger partial charge in [0.05, 0.1) is 10.5 Å². The van der Waals surface area contributed by atoms with E-state index in [4.69, 9.17) is 11.6 Å². The number of piperazine rings is 1. The molecule has 2 heterocycles. The summed E-state index contributed by atoms with van der Waals surface area (Å²) in [4.78, 5) is 25.7. The van der Waals surface area contributed by atoms with E-state index in [1.165, 1.54) is 30.5 Å². The van der Waals surface area contributed by atoms with E-state index in [0.29, 0.717) is 21.8 Å². The molecular weight excluding hydrogens is 563 g/mol. The van der Waals surface area contributed by atoms with Crippen molar-refractivity contribution in [1.29, 1.82) is 0 Å². The highest BCUT2D eigenvalue weighted by molar-refractivity contribution is 9.10. The lowest BCUT2D eigenvalue weighted by molar-refractivity contribution is -0.185. The van der Waals surface area contributed by atoms with Crippen molar-refractivity contribution in [3.8, 4) is 0 Å². The van der Waals surface area contributed by atoms with Crippen LogP contribution < -0.4 is 4.90 Å². The molecule has 180 valence electrons. The number of fused-ring (bicyclic) bond motifs is 1. The predicted molar refractivity (Wildman–Crippen MR) is 124 cm³/mol. The Morgan fingerprint density at radius 1 is 1.09 bits per heavy atom. The Morgan fingerprint density at radius 3 is 2.32 bits per heavy atom. The lowest BCUT2D eigenvalue weighted by atomic mass is 10.1. The van der Waals surface area contributed by atoms with Crippen molar-refractivity contribution in [2.24, 2.45) is 0 Å². The van der Waals surface area contributed by atoms with Gasteiger partial charge in [-0.25, -0.2) is 12.4 Å². The fourth-order valence-corrected chi connectivity index (χ4v) is 6.23. The highest BCUT2D eigenvalue weighted by Gasteiger charge is 2.43. The molecule has 0 spiro atoms. The van der Waals surface area contributed by atoms with Gasteiger partial charge in [0.1, 0.15) is 4.90 Å². The summed E-state index contributed by atoms with van der Waals surface area (Å²) in [5, 5.41) is 0.335. The van der Waals surface area contributed by atoms with Crippen molar-refractivity contribution in [2.45, 2.75) is 11.1 Å². The molecule has 1 aliphatic heterocycles. The third kappa shape index (κ3) is 4.29. The summed E-state index contributed by atoms with van der Waals surface area (Å²) in [6.07, 6.45) is -3.25. The van der Waals surface area contributed by atoms with Crippen LogP contribution in [0.2, 0.25) is 5.02 Å². The van der Waals surface area contributed by atoms with Crippen LogP contribution in [0, 0.1) is 0 Å². The van der Waals surface area contributed by atoms with Gasteiger partial charge in [-0.15, -0.1) is 0 Å². The molecule has 0 radical (unpaired) electrons. The molecule has 13 heteroatoms. The van der Waals surface area contributed by atoms with E-state index >= 15 is 0 Å². The lowest BCUT2D eigenvalue weighted by Gasteiger charge is -2.36. The zero-order valence-electron chi connectivity index (χ0n) is 17.2. The van der Waals surface area contributed by atoms with Crippen molar-refractivity contribution < 1.29 is 31.2 Å². The van der Waals surface area contributed by atoms with E-state index in [2.05, 4.69) is 15.9 Å². The van der Waals surface area contributed by atoms with Gasteiger partial charge in [0, 0.05) is 53.5 Å². The number of rotatable bonds is 4. The van der Waals surface area contributed by atoms with Crippen LogP contribution in [0.4, 0.5) is 18.9 Å². The lowest BCUT2D eigenvalue weighted by Crippen LogP contribution is -2.52. The average Bonchev–Trinajstić information content (AvgIpc) is 3.17. The van der Waals surface area contributed by atoms with Gasteiger partial charge in [-0.05, 0) is 24.3 Å². The Labute approximate surface area is 205 Å². The number of nitrogens with zero attached hydrogens (tertiary/aromatic N) is 3. The van der Waals surface area contributed by atoms with Crippen LogP contribution in [-0.4, -0.2) is 61.8 Å². The summed E-state index contributed by atoms with van der Waals surface area (Å²) in [6, 6.07) is 9.08. The average molecular weight is 579 g/mol. The Bertz CT molecular complexity index is 1400. The van der Waals surface area contributed by atoms with Gasteiger partial charge in [0.2, 0.25) is 0 Å². The quantitative estimate of drug-likeness (QED) is 0.431. The van der Waals surface area contributed by atoms with Crippen molar-refractivity contribution in [3.05, 3.63) is 57.7 Å². The van der Waals surface area contributed by atoms with Crippen LogP contribution in [0.5, 0.6) is 0 Å². The van der Waals surface area contributed by atoms with E-state index in [1.54, 1.807) is 17.0 Å². The molecule has 7 nitrogen and oxygen atoms in total. The Morgan fingerprint density at radius 2 is 1.74 bits per heavy atom. The minimum atomic E-state index is -4.96. The molecule has 1 amide bonds. The molecule has 1 aromatic heterocycles. The van der Waals surface area contributed by atoms with Crippen molar-refractivity contribution in [3.63, 3.8) is 0 Å². The Hall–Kier alpha value is -2.57. The smallest absolute Gasteiger partial charge is 0.367 e. The van der Waals surface area contributed by atoms with E-state index in [0.717, 1.165) is 8.87 Å². The highest BCUT2D eigenvalue weighted by atomic mass is 79.9. The maximum absolute atomic E-state index is 13.4. The molecule has 0 bridgehead atoms. The second kappa shape index (κ2) is 8.90. The number of carbonyl (C=O) groups excluding carboxylic acids is 2. The summed E-state index contributed by atoms with van der Waals surface area (Å²) in [6.45, 7) is -0.231. The monoisotopic (exact) mass is 577 g/mol. The van der Waals surface area contributed by atoms with Crippen LogP contribution >= 0.6 is 27.5 Å². The molecule has 34 heavy (non-hydrogen) atoms. The minimum Gasteiger partial charge on any atom is -0.367 e. The maximum Gasteiger partial charge on any atom is 0.471 e. The molecule has 1 fully saturated rings. The first-order valence-electron chi connectivity index (χ1n) is 9.86. The molecular formula is C21H16BrClF3N3O4S. The van der Waals surface area contributed by atoms with Gasteiger partial charge >= 0.3 is 12.1 Å². The topological polar surface area (TPSA) is 79.7 Å². The first-order chi connectivity index (χ1) is 15.9. The maximum atomic E-state index is 13.4. The van der Waals surface area contributed by atoms with Crippen molar-refractivity contribution in [1.82, 2.24) is 8.87 Å². The number of alkyl halides is 3. The van der Waals surface area contributed by atoms with Gasteiger partial charge in [-0.3, -0.25) is 9.59 Å². The SMILES string of the molecule is O=Cc1cn(S(=O)(=O)c2ccccc2Cl)c2cc(Br)cc(N3CCN(C(=O)C(F)(F)F)CC3)c12. The number of halogens is 5. The molecule has 0 unspecified atom stereocenters. The fourth-order valence-electron chi connectivity index (χ4n) is 3.94. The van der Waals surface area contributed by atoms with Crippen LogP contribution in [-0.2, 0) is 14.8 Å².